The van der Waals surface area contributed by atoms with Crippen molar-refractivity contribution in [2.75, 3.05) is 6.54 Å². The van der Waals surface area contributed by atoms with Gasteiger partial charge in [-0.15, -0.1) is 0 Å². The number of quaternary nitrogens is 1. The second-order valence-electron chi connectivity index (χ2n) is 8.94. The van der Waals surface area contributed by atoms with Crippen molar-refractivity contribution in [2.45, 2.75) is 40.0 Å². The molecule has 0 bridgehead atoms. The lowest BCUT2D eigenvalue weighted by Gasteiger charge is -2.20. The van der Waals surface area contributed by atoms with Gasteiger partial charge in [-0.1, -0.05) is 41.9 Å². The van der Waals surface area contributed by atoms with Crippen LogP contribution in [0.4, 0.5) is 13.2 Å². The zero-order valence-electron chi connectivity index (χ0n) is 20.5. The first-order chi connectivity index (χ1) is 17.5. The van der Waals surface area contributed by atoms with E-state index in [-0.39, 0.29) is 34.6 Å². The van der Waals surface area contributed by atoms with Gasteiger partial charge in [0.2, 0.25) is 11.2 Å². The Morgan fingerprint density at radius 1 is 1.03 bits per heavy atom. The standard InChI is InChI=1S/C28H25ClF3NO4/c1-4-33(14-18-8-6-5-7-9-18)15-21-22(34)11-10-20-24(35)26(27(28(30,31)32)37-25(20)21)36-19-12-16(2)23(29)17(3)13-19/h5-13,34H,4,14-15H2,1-3H3/p+1. The van der Waals surface area contributed by atoms with E-state index >= 15 is 0 Å². The number of ether oxygens (including phenoxy) is 1. The molecule has 0 saturated heterocycles. The molecule has 37 heavy (non-hydrogen) atoms. The lowest BCUT2D eigenvalue weighted by Crippen LogP contribution is -3.09. The minimum Gasteiger partial charge on any atom is -0.507 e. The molecule has 1 atom stereocenters. The SMILES string of the molecule is CC[NH+](Cc1ccccc1)Cc1c(O)ccc2c(=O)c(Oc3cc(C)c(Cl)c(C)c3)c(C(F)(F)F)oc12. The van der Waals surface area contributed by atoms with Gasteiger partial charge in [0.25, 0.3) is 5.76 Å². The molecule has 1 aromatic heterocycles. The lowest BCUT2D eigenvalue weighted by atomic mass is 10.1. The first kappa shape index (κ1) is 26.6. The zero-order valence-corrected chi connectivity index (χ0v) is 21.3. The number of hydrogen-bond donors (Lipinski definition) is 2. The minimum atomic E-state index is -5.02. The monoisotopic (exact) mass is 532 g/mol. The molecular weight excluding hydrogens is 507 g/mol. The van der Waals surface area contributed by atoms with Crippen LogP contribution in [0.3, 0.4) is 0 Å². The van der Waals surface area contributed by atoms with Crippen molar-refractivity contribution in [1.82, 2.24) is 0 Å². The Hall–Kier alpha value is -3.49. The maximum atomic E-state index is 14.1. The van der Waals surface area contributed by atoms with Crippen LogP contribution in [-0.2, 0) is 19.3 Å². The van der Waals surface area contributed by atoms with Gasteiger partial charge in [0.05, 0.1) is 17.5 Å². The van der Waals surface area contributed by atoms with Crippen LogP contribution >= 0.6 is 11.6 Å². The molecule has 1 heterocycles. The average Bonchev–Trinajstić information content (AvgIpc) is 2.85. The molecule has 0 aliphatic heterocycles. The molecule has 0 radical (unpaired) electrons. The Morgan fingerprint density at radius 3 is 2.27 bits per heavy atom. The fraction of sp³-hybridized carbons (Fsp3) is 0.250. The average molecular weight is 533 g/mol. The third kappa shape index (κ3) is 5.60. The summed E-state index contributed by atoms with van der Waals surface area (Å²) in [6.07, 6.45) is -5.02. The molecule has 9 heteroatoms. The van der Waals surface area contributed by atoms with Crippen molar-refractivity contribution < 1.29 is 32.3 Å². The Morgan fingerprint density at radius 2 is 1.68 bits per heavy atom. The number of benzene rings is 3. The van der Waals surface area contributed by atoms with Crippen molar-refractivity contribution in [3.05, 3.63) is 97.9 Å². The van der Waals surface area contributed by atoms with Crippen LogP contribution in [-0.4, -0.2) is 11.7 Å². The van der Waals surface area contributed by atoms with Gasteiger partial charge in [-0.3, -0.25) is 4.79 Å². The fourth-order valence-electron chi connectivity index (χ4n) is 4.27. The number of hydrogen-bond acceptors (Lipinski definition) is 4. The summed E-state index contributed by atoms with van der Waals surface area (Å²) in [6.45, 7) is 6.63. The van der Waals surface area contributed by atoms with Crippen LogP contribution in [0.2, 0.25) is 5.02 Å². The highest BCUT2D eigenvalue weighted by molar-refractivity contribution is 6.32. The first-order valence-electron chi connectivity index (χ1n) is 11.7. The third-order valence-electron chi connectivity index (χ3n) is 6.21. The summed E-state index contributed by atoms with van der Waals surface area (Å²) in [7, 11) is 0. The maximum Gasteiger partial charge on any atom is 0.453 e. The van der Waals surface area contributed by atoms with Crippen LogP contribution in [0.15, 0.2) is 63.8 Å². The van der Waals surface area contributed by atoms with E-state index in [1.165, 1.54) is 24.3 Å². The highest BCUT2D eigenvalue weighted by Gasteiger charge is 2.41. The van der Waals surface area contributed by atoms with E-state index in [2.05, 4.69) is 0 Å². The Labute approximate surface area is 216 Å². The molecule has 194 valence electrons. The van der Waals surface area contributed by atoms with E-state index in [4.69, 9.17) is 20.8 Å². The number of alkyl halides is 3. The third-order valence-corrected chi connectivity index (χ3v) is 6.80. The van der Waals surface area contributed by atoms with Crippen LogP contribution in [0.1, 0.15) is 34.9 Å². The Bertz CT molecular complexity index is 1480. The van der Waals surface area contributed by atoms with Gasteiger partial charge >= 0.3 is 6.18 Å². The van der Waals surface area contributed by atoms with Gasteiger partial charge in [-0.05, 0) is 56.2 Å². The number of halogens is 4. The summed E-state index contributed by atoms with van der Waals surface area (Å²) in [6, 6.07) is 15.0. The van der Waals surface area contributed by atoms with Gasteiger partial charge in [0.1, 0.15) is 24.6 Å². The van der Waals surface area contributed by atoms with Gasteiger partial charge < -0.3 is 19.2 Å². The molecule has 0 fully saturated rings. The minimum absolute atomic E-state index is 0.0278. The van der Waals surface area contributed by atoms with E-state index in [1.54, 1.807) is 13.8 Å². The van der Waals surface area contributed by atoms with E-state index in [0.717, 1.165) is 10.5 Å². The molecule has 0 saturated carbocycles. The molecule has 1 unspecified atom stereocenters. The molecule has 5 nitrogen and oxygen atoms in total. The largest absolute Gasteiger partial charge is 0.507 e. The second kappa shape index (κ2) is 10.5. The molecule has 0 aliphatic rings. The molecular formula is C28H26ClF3NO4+. The quantitative estimate of drug-likeness (QED) is 0.298. The van der Waals surface area contributed by atoms with Gasteiger partial charge in [0.15, 0.2) is 5.58 Å². The summed E-state index contributed by atoms with van der Waals surface area (Å²) in [5.41, 5.74) is 1.03. The molecule has 2 N–H and O–H groups in total. The van der Waals surface area contributed by atoms with E-state index < -0.39 is 23.1 Å². The molecule has 0 spiro atoms. The first-order valence-corrected chi connectivity index (χ1v) is 12.1. The Kier molecular flexibility index (Phi) is 7.52. The summed E-state index contributed by atoms with van der Waals surface area (Å²) >= 11 is 6.16. The number of fused-ring (bicyclic) bond motifs is 1. The van der Waals surface area contributed by atoms with Crippen molar-refractivity contribution in [3.8, 4) is 17.2 Å². The fourth-order valence-corrected chi connectivity index (χ4v) is 4.38. The normalized spacial score (nSPS) is 12.6. The predicted molar refractivity (Wildman–Crippen MR) is 136 cm³/mol. The van der Waals surface area contributed by atoms with E-state index in [1.807, 2.05) is 37.3 Å². The summed E-state index contributed by atoms with van der Waals surface area (Å²) in [4.78, 5) is 14.3. The van der Waals surface area contributed by atoms with Crippen molar-refractivity contribution >= 4 is 22.6 Å². The van der Waals surface area contributed by atoms with Crippen LogP contribution in [0.5, 0.6) is 17.2 Å². The molecule has 0 aliphatic carbocycles. The number of aromatic hydroxyl groups is 1. The van der Waals surface area contributed by atoms with Gasteiger partial charge in [-0.25, -0.2) is 0 Å². The highest BCUT2D eigenvalue weighted by Crippen LogP contribution is 2.40. The van der Waals surface area contributed by atoms with Crippen molar-refractivity contribution in [2.24, 2.45) is 0 Å². The number of rotatable bonds is 7. The molecule has 4 aromatic rings. The van der Waals surface area contributed by atoms with E-state index in [0.29, 0.717) is 29.2 Å². The smallest absolute Gasteiger partial charge is 0.453 e. The number of nitrogens with one attached hydrogen (secondary N) is 1. The topological polar surface area (TPSA) is 64.1 Å². The maximum absolute atomic E-state index is 14.1. The van der Waals surface area contributed by atoms with Gasteiger partial charge in [0, 0.05) is 10.6 Å². The lowest BCUT2D eigenvalue weighted by molar-refractivity contribution is -0.925. The zero-order chi connectivity index (χ0) is 26.9. The summed E-state index contributed by atoms with van der Waals surface area (Å²) in [5, 5.41) is 10.9. The number of aryl methyl sites for hydroxylation is 2. The summed E-state index contributed by atoms with van der Waals surface area (Å²) < 4.78 is 53.2. The molecule has 3 aromatic carbocycles. The predicted octanol–water partition coefficient (Wildman–Crippen LogP) is 6.18. The number of phenolic OH excluding ortho intramolecular Hbond substituents is 1. The summed E-state index contributed by atoms with van der Waals surface area (Å²) in [5.74, 6) is -2.76. The molecule has 0 amide bonds. The van der Waals surface area contributed by atoms with E-state index in [9.17, 15) is 23.1 Å². The van der Waals surface area contributed by atoms with Crippen molar-refractivity contribution in [3.63, 3.8) is 0 Å². The number of phenols is 1. The highest BCUT2D eigenvalue weighted by atomic mass is 35.5. The Balaban J connectivity index is 1.84. The molecule has 4 rings (SSSR count). The van der Waals surface area contributed by atoms with Crippen LogP contribution in [0.25, 0.3) is 11.0 Å². The van der Waals surface area contributed by atoms with Crippen LogP contribution in [0, 0.1) is 13.8 Å². The second-order valence-corrected chi connectivity index (χ2v) is 9.32. The van der Waals surface area contributed by atoms with Crippen LogP contribution < -0.4 is 15.1 Å². The van der Waals surface area contributed by atoms with Gasteiger partial charge in [-0.2, -0.15) is 13.2 Å². The van der Waals surface area contributed by atoms with Crippen molar-refractivity contribution in [1.29, 1.82) is 0 Å².